The van der Waals surface area contributed by atoms with Gasteiger partial charge < -0.3 is 15.1 Å². The fourth-order valence-electron chi connectivity index (χ4n) is 10.9. The number of nitrogens with zero attached hydrogens (tertiary/aromatic N) is 8. The van der Waals surface area contributed by atoms with E-state index in [-0.39, 0.29) is 59.0 Å². The standard InChI is InChI=1S/C45H49FN10O6/c1-24-33-20-48-45(51-40(33)55(27-5-3-4-6-27)44(62)39(24)25(2)57)49-37-11-9-28(19-47-37)52-15-13-26(14-16-52)21-54-29-7-8-30(54)23-53(22-29)36-18-32-31(17-34(36)46)42(60)56(43(32)61)35-10-12-38(58)50-41(35)59/h9,11,17-20,26-27,29-30,35H,3-8,10,12-16,21-23H2,1-2H3,(H,50,58,59)(H,47,48,49,51). The first-order valence-corrected chi connectivity index (χ1v) is 21.9. The highest BCUT2D eigenvalue weighted by Gasteiger charge is 2.47. The van der Waals surface area contributed by atoms with Crippen molar-refractivity contribution in [1.29, 1.82) is 0 Å². The number of nitrogens with one attached hydrogen (secondary N) is 2. The van der Waals surface area contributed by atoms with E-state index in [9.17, 15) is 28.8 Å². The van der Waals surface area contributed by atoms with Crippen LogP contribution >= 0.6 is 0 Å². The number of carbonyl (C=O) groups excluding carboxylic acids is 5. The van der Waals surface area contributed by atoms with Crippen molar-refractivity contribution in [2.24, 2.45) is 5.92 Å². The molecule has 17 heteroatoms. The first kappa shape index (κ1) is 40.0. The number of imide groups is 2. The summed E-state index contributed by atoms with van der Waals surface area (Å²) in [7, 11) is 0. The molecule has 2 bridgehead atoms. The molecule has 4 saturated heterocycles. The molecule has 3 aromatic heterocycles. The predicted molar refractivity (Wildman–Crippen MR) is 227 cm³/mol. The number of rotatable bonds is 9. The van der Waals surface area contributed by atoms with Gasteiger partial charge in [0.25, 0.3) is 17.4 Å². The van der Waals surface area contributed by atoms with Crippen LogP contribution in [0.25, 0.3) is 11.0 Å². The highest BCUT2D eigenvalue weighted by Crippen LogP contribution is 2.39. The number of amides is 4. The topological polar surface area (TPSA) is 183 Å². The summed E-state index contributed by atoms with van der Waals surface area (Å²) in [5.41, 5.74) is 2.41. The third kappa shape index (κ3) is 6.90. The van der Waals surface area contributed by atoms with Crippen molar-refractivity contribution in [3.63, 3.8) is 0 Å². The van der Waals surface area contributed by atoms with Crippen molar-refractivity contribution in [3.05, 3.63) is 75.1 Å². The lowest BCUT2D eigenvalue weighted by Gasteiger charge is -2.44. The van der Waals surface area contributed by atoms with Crippen LogP contribution in [0.1, 0.15) is 114 Å². The van der Waals surface area contributed by atoms with E-state index in [1.54, 1.807) is 17.7 Å². The van der Waals surface area contributed by atoms with Gasteiger partial charge in [0, 0.05) is 68.9 Å². The minimum absolute atomic E-state index is 0.00604. The van der Waals surface area contributed by atoms with Gasteiger partial charge in [-0.1, -0.05) is 12.8 Å². The van der Waals surface area contributed by atoms with E-state index in [1.165, 1.54) is 13.0 Å². The Hall–Kier alpha value is -6.10. The number of piperidine rings is 2. The van der Waals surface area contributed by atoms with Crippen molar-refractivity contribution < 1.29 is 28.4 Å². The van der Waals surface area contributed by atoms with Gasteiger partial charge in [0.1, 0.15) is 23.3 Å². The van der Waals surface area contributed by atoms with Crippen molar-refractivity contribution in [2.75, 3.05) is 47.8 Å². The molecular weight excluding hydrogens is 796 g/mol. The smallest absolute Gasteiger partial charge is 0.263 e. The van der Waals surface area contributed by atoms with Gasteiger partial charge in [-0.25, -0.2) is 14.4 Å². The number of benzene rings is 1. The Morgan fingerprint density at radius 1 is 0.855 bits per heavy atom. The molecule has 62 heavy (non-hydrogen) atoms. The first-order chi connectivity index (χ1) is 29.9. The van der Waals surface area contributed by atoms with Crippen molar-refractivity contribution >= 4 is 63.6 Å². The maximum atomic E-state index is 15.7. The lowest BCUT2D eigenvalue weighted by atomic mass is 9.94. The molecular formula is C45H49FN10O6. The number of hydrogen-bond acceptors (Lipinski definition) is 13. The minimum atomic E-state index is -1.10. The minimum Gasteiger partial charge on any atom is -0.370 e. The number of Topliss-reactive ketones (excluding diaryl/α,β-unsaturated/α-hetero) is 1. The number of aromatic nitrogens is 4. The molecule has 4 amide bonds. The fraction of sp³-hybridized carbons (Fsp3) is 0.489. The molecule has 4 aromatic rings. The Labute approximate surface area is 356 Å². The van der Waals surface area contributed by atoms with Crippen molar-refractivity contribution in [1.82, 2.24) is 34.6 Å². The molecule has 5 aliphatic heterocycles. The zero-order valence-electron chi connectivity index (χ0n) is 34.9. The summed E-state index contributed by atoms with van der Waals surface area (Å²) in [6, 6.07) is 5.93. The van der Waals surface area contributed by atoms with Gasteiger partial charge in [-0.2, -0.15) is 4.98 Å². The van der Waals surface area contributed by atoms with E-state index >= 15 is 4.39 Å². The van der Waals surface area contributed by atoms with E-state index in [1.807, 2.05) is 23.2 Å². The number of anilines is 4. The summed E-state index contributed by atoms with van der Waals surface area (Å²) in [5.74, 6) is -1.89. The fourth-order valence-corrected chi connectivity index (χ4v) is 10.9. The van der Waals surface area contributed by atoms with Gasteiger partial charge in [0.05, 0.1) is 34.3 Å². The Balaban J connectivity index is 0.757. The second-order valence-corrected chi connectivity index (χ2v) is 17.8. The van der Waals surface area contributed by atoms with Crippen LogP contribution in [0.2, 0.25) is 0 Å². The molecule has 1 aromatic carbocycles. The van der Waals surface area contributed by atoms with Crippen LogP contribution in [0.3, 0.4) is 0 Å². The lowest BCUT2D eigenvalue weighted by Crippen LogP contribution is -2.55. The summed E-state index contributed by atoms with van der Waals surface area (Å²) in [6.07, 6.45) is 11.5. The quantitative estimate of drug-likeness (QED) is 0.175. The summed E-state index contributed by atoms with van der Waals surface area (Å²) < 4.78 is 17.4. The largest absolute Gasteiger partial charge is 0.370 e. The Morgan fingerprint density at radius 2 is 1.56 bits per heavy atom. The Bertz CT molecular complexity index is 2590. The number of halogens is 1. The maximum absolute atomic E-state index is 15.7. The van der Waals surface area contributed by atoms with Gasteiger partial charge >= 0.3 is 0 Å². The van der Waals surface area contributed by atoms with Crippen LogP contribution in [-0.2, 0) is 9.59 Å². The molecule has 3 atom stereocenters. The summed E-state index contributed by atoms with van der Waals surface area (Å²) in [4.78, 5) is 98.9. The molecule has 6 aliphatic rings. The first-order valence-electron chi connectivity index (χ1n) is 21.9. The lowest BCUT2D eigenvalue weighted by molar-refractivity contribution is -0.136. The highest BCUT2D eigenvalue weighted by atomic mass is 19.1. The van der Waals surface area contributed by atoms with E-state index in [4.69, 9.17) is 4.98 Å². The van der Waals surface area contributed by atoms with Crippen LogP contribution in [0.15, 0.2) is 41.5 Å². The molecule has 10 rings (SSSR count). The SMILES string of the molecule is CC(=O)c1c(C)c2cnc(Nc3ccc(N4CCC(CN5C6CCC5CN(c5cc7c(cc5F)C(=O)N(C5CCC(=O)NC5=O)C7=O)C6)CC4)cn3)nc2n(C2CCCC2)c1=O. The normalized spacial score (nSPS) is 23.5. The van der Waals surface area contributed by atoms with Gasteiger partial charge in [0.15, 0.2) is 5.78 Å². The number of piperazine rings is 1. The monoisotopic (exact) mass is 844 g/mol. The molecule has 8 heterocycles. The van der Waals surface area contributed by atoms with Crippen LogP contribution in [-0.4, -0.2) is 110 Å². The zero-order chi connectivity index (χ0) is 43.0. The number of carbonyl (C=O) groups is 5. The molecule has 3 unspecified atom stereocenters. The number of hydrogen-bond donors (Lipinski definition) is 2. The summed E-state index contributed by atoms with van der Waals surface area (Å²) in [5, 5.41) is 6.11. The third-order valence-electron chi connectivity index (χ3n) is 14.2. The van der Waals surface area contributed by atoms with Crippen LogP contribution in [0.4, 0.5) is 27.5 Å². The van der Waals surface area contributed by atoms with E-state index < -0.39 is 35.5 Å². The second kappa shape index (κ2) is 15.7. The second-order valence-electron chi connectivity index (χ2n) is 17.8. The highest BCUT2D eigenvalue weighted by molar-refractivity contribution is 6.23. The van der Waals surface area contributed by atoms with E-state index in [2.05, 4.69) is 30.4 Å². The molecule has 322 valence electrons. The molecule has 0 spiro atoms. The average Bonchev–Trinajstić information content (AvgIpc) is 3.92. The molecule has 1 aliphatic carbocycles. The van der Waals surface area contributed by atoms with Crippen LogP contribution in [0.5, 0.6) is 0 Å². The van der Waals surface area contributed by atoms with Gasteiger partial charge in [0.2, 0.25) is 17.8 Å². The maximum Gasteiger partial charge on any atom is 0.263 e. The molecule has 1 saturated carbocycles. The number of pyridine rings is 2. The van der Waals surface area contributed by atoms with Gasteiger partial charge in [-0.05, 0) is 94.5 Å². The third-order valence-corrected chi connectivity index (χ3v) is 14.2. The Kier molecular flexibility index (Phi) is 10.1. The van der Waals surface area contributed by atoms with E-state index in [0.29, 0.717) is 53.1 Å². The molecule has 5 fully saturated rings. The molecule has 2 N–H and O–H groups in total. The Morgan fingerprint density at radius 3 is 2.23 bits per heavy atom. The van der Waals surface area contributed by atoms with Gasteiger partial charge in [-0.15, -0.1) is 0 Å². The van der Waals surface area contributed by atoms with E-state index in [0.717, 1.165) is 87.7 Å². The van der Waals surface area contributed by atoms with Crippen LogP contribution < -0.4 is 26.0 Å². The van der Waals surface area contributed by atoms with Gasteiger partial charge in [-0.3, -0.25) is 48.5 Å². The predicted octanol–water partition coefficient (Wildman–Crippen LogP) is 4.67. The number of fused-ring (bicyclic) bond motifs is 4. The molecule has 16 nitrogen and oxygen atoms in total. The molecule has 0 radical (unpaired) electrons. The summed E-state index contributed by atoms with van der Waals surface area (Å²) in [6.45, 7) is 7.19. The number of ketones is 1. The van der Waals surface area contributed by atoms with Crippen molar-refractivity contribution in [3.8, 4) is 0 Å². The summed E-state index contributed by atoms with van der Waals surface area (Å²) >= 11 is 0. The van der Waals surface area contributed by atoms with Crippen LogP contribution in [0, 0.1) is 18.7 Å². The average molecular weight is 845 g/mol. The number of aryl methyl sites for hydroxylation is 1. The van der Waals surface area contributed by atoms with Crippen molar-refractivity contribution in [2.45, 2.75) is 102 Å². The zero-order valence-corrected chi connectivity index (χ0v) is 34.9.